The molecule has 1 aliphatic carbocycles. The Morgan fingerprint density at radius 1 is 1.12 bits per heavy atom. The van der Waals surface area contributed by atoms with Gasteiger partial charge in [0.1, 0.15) is 0 Å². The highest BCUT2D eigenvalue weighted by molar-refractivity contribution is 4.87. The molecule has 0 radical (unpaired) electrons. The molecule has 0 heterocycles. The Bertz CT molecular complexity index is 190. The standard InChI is InChI=1S/C14H28O.C2H6/c1-10(2)8-11-6-7-13(15)12(9-11)14(3,4)5;1-2/h10-13,15H,6-9H2,1-5H3;1-2H3. The molecule has 0 aliphatic heterocycles. The minimum atomic E-state index is -0.0617. The van der Waals surface area contributed by atoms with Gasteiger partial charge >= 0.3 is 0 Å². The summed E-state index contributed by atoms with van der Waals surface area (Å²) < 4.78 is 0. The van der Waals surface area contributed by atoms with E-state index in [0.29, 0.717) is 5.92 Å². The lowest BCUT2D eigenvalue weighted by molar-refractivity contribution is -0.0113. The van der Waals surface area contributed by atoms with Crippen LogP contribution in [0.5, 0.6) is 0 Å². The Balaban J connectivity index is 0.00000121. The van der Waals surface area contributed by atoms with Crippen molar-refractivity contribution in [3.63, 3.8) is 0 Å². The van der Waals surface area contributed by atoms with Gasteiger partial charge in [-0.3, -0.25) is 0 Å². The van der Waals surface area contributed by atoms with Crippen LogP contribution in [0.3, 0.4) is 0 Å². The molecule has 1 aliphatic rings. The maximum Gasteiger partial charge on any atom is 0.0573 e. The van der Waals surface area contributed by atoms with Crippen molar-refractivity contribution in [1.29, 1.82) is 0 Å². The number of aliphatic hydroxyl groups is 1. The first-order valence-corrected chi connectivity index (χ1v) is 7.48. The van der Waals surface area contributed by atoms with Crippen LogP contribution < -0.4 is 0 Å². The van der Waals surface area contributed by atoms with Crippen molar-refractivity contribution in [2.24, 2.45) is 23.2 Å². The third-order valence-electron chi connectivity index (χ3n) is 3.84. The molecule has 0 saturated heterocycles. The maximum absolute atomic E-state index is 10.1. The van der Waals surface area contributed by atoms with Gasteiger partial charge in [-0.25, -0.2) is 0 Å². The van der Waals surface area contributed by atoms with Crippen LogP contribution in [-0.4, -0.2) is 11.2 Å². The van der Waals surface area contributed by atoms with Crippen LogP contribution in [-0.2, 0) is 0 Å². The second-order valence-corrected chi connectivity index (χ2v) is 6.85. The molecule has 0 aromatic heterocycles. The van der Waals surface area contributed by atoms with Gasteiger partial charge in [0, 0.05) is 0 Å². The second-order valence-electron chi connectivity index (χ2n) is 6.85. The van der Waals surface area contributed by atoms with E-state index in [4.69, 9.17) is 0 Å². The van der Waals surface area contributed by atoms with E-state index in [0.717, 1.165) is 18.3 Å². The van der Waals surface area contributed by atoms with Crippen LogP contribution in [0.15, 0.2) is 0 Å². The summed E-state index contributed by atoms with van der Waals surface area (Å²) in [4.78, 5) is 0. The molecule has 1 N–H and O–H groups in total. The van der Waals surface area contributed by atoms with E-state index in [1.165, 1.54) is 19.3 Å². The van der Waals surface area contributed by atoms with E-state index in [1.807, 2.05) is 13.8 Å². The summed E-state index contributed by atoms with van der Waals surface area (Å²) in [6.07, 6.45) is 4.74. The van der Waals surface area contributed by atoms with Gasteiger partial charge in [0.05, 0.1) is 6.10 Å². The number of rotatable bonds is 2. The Labute approximate surface area is 109 Å². The normalized spacial score (nSPS) is 29.8. The van der Waals surface area contributed by atoms with Crippen LogP contribution in [0, 0.1) is 23.2 Å². The molecule has 0 amide bonds. The van der Waals surface area contributed by atoms with Crippen LogP contribution in [0.2, 0.25) is 0 Å². The van der Waals surface area contributed by atoms with Gasteiger partial charge in [-0.1, -0.05) is 48.5 Å². The number of aliphatic hydroxyl groups excluding tert-OH is 1. The summed E-state index contributed by atoms with van der Waals surface area (Å²) in [5.41, 5.74) is 0.259. The zero-order valence-electron chi connectivity index (χ0n) is 13.1. The molecule has 0 aromatic rings. The predicted molar refractivity (Wildman–Crippen MR) is 77.1 cm³/mol. The molecule has 1 heteroatoms. The van der Waals surface area contributed by atoms with Crippen LogP contribution in [0.25, 0.3) is 0 Å². The van der Waals surface area contributed by atoms with Crippen LogP contribution in [0.1, 0.15) is 74.1 Å². The first kappa shape index (κ1) is 17.0. The van der Waals surface area contributed by atoms with Crippen LogP contribution in [0.4, 0.5) is 0 Å². The summed E-state index contributed by atoms with van der Waals surface area (Å²) in [5.74, 6) is 2.14. The SMILES string of the molecule is CC.CC(C)CC1CCC(O)C(C(C)(C)C)C1. The summed E-state index contributed by atoms with van der Waals surface area (Å²) in [5, 5.41) is 10.1. The molecule has 1 fully saturated rings. The lowest BCUT2D eigenvalue weighted by Crippen LogP contribution is -2.37. The maximum atomic E-state index is 10.1. The Morgan fingerprint density at radius 2 is 1.65 bits per heavy atom. The first-order valence-electron chi connectivity index (χ1n) is 7.48. The highest BCUT2D eigenvalue weighted by Gasteiger charge is 2.36. The summed E-state index contributed by atoms with van der Waals surface area (Å²) in [6, 6.07) is 0. The lowest BCUT2D eigenvalue weighted by atomic mass is 9.66. The summed E-state index contributed by atoms with van der Waals surface area (Å²) in [7, 11) is 0. The van der Waals surface area contributed by atoms with Gasteiger partial charge in [-0.15, -0.1) is 0 Å². The molecular formula is C16H34O. The van der Waals surface area contributed by atoms with E-state index in [-0.39, 0.29) is 11.5 Å². The Hall–Kier alpha value is -0.0400. The van der Waals surface area contributed by atoms with Crippen molar-refractivity contribution >= 4 is 0 Å². The molecular weight excluding hydrogens is 208 g/mol. The fourth-order valence-corrected chi connectivity index (χ4v) is 3.05. The van der Waals surface area contributed by atoms with Crippen molar-refractivity contribution in [3.8, 4) is 0 Å². The molecule has 3 atom stereocenters. The predicted octanol–water partition coefficient (Wildman–Crippen LogP) is 4.88. The third kappa shape index (κ3) is 5.90. The van der Waals surface area contributed by atoms with Gasteiger partial charge in [-0.05, 0) is 48.9 Å². The van der Waals surface area contributed by atoms with E-state index in [9.17, 15) is 5.11 Å². The van der Waals surface area contributed by atoms with Crippen molar-refractivity contribution in [2.45, 2.75) is 80.3 Å². The first-order chi connectivity index (χ1) is 7.80. The quantitative estimate of drug-likeness (QED) is 0.731. The fourth-order valence-electron chi connectivity index (χ4n) is 3.05. The van der Waals surface area contributed by atoms with Crippen molar-refractivity contribution in [1.82, 2.24) is 0 Å². The average molecular weight is 242 g/mol. The van der Waals surface area contributed by atoms with Gasteiger partial charge in [-0.2, -0.15) is 0 Å². The van der Waals surface area contributed by atoms with Gasteiger partial charge in [0.25, 0.3) is 0 Å². The lowest BCUT2D eigenvalue weighted by Gasteiger charge is -2.41. The molecule has 3 unspecified atom stereocenters. The van der Waals surface area contributed by atoms with Crippen LogP contribution >= 0.6 is 0 Å². The van der Waals surface area contributed by atoms with E-state index < -0.39 is 0 Å². The number of hydrogen-bond acceptors (Lipinski definition) is 1. The summed E-state index contributed by atoms with van der Waals surface area (Å²) in [6.45, 7) is 15.4. The Morgan fingerprint density at radius 3 is 2.06 bits per heavy atom. The zero-order chi connectivity index (χ0) is 13.6. The number of hydrogen-bond donors (Lipinski definition) is 1. The van der Waals surface area contributed by atoms with E-state index >= 15 is 0 Å². The highest BCUT2D eigenvalue weighted by atomic mass is 16.3. The molecule has 0 aromatic carbocycles. The minimum absolute atomic E-state index is 0.0617. The molecule has 1 saturated carbocycles. The molecule has 1 nitrogen and oxygen atoms in total. The Kier molecular flexibility index (Phi) is 7.39. The van der Waals surface area contributed by atoms with Gasteiger partial charge in [0.2, 0.25) is 0 Å². The molecule has 0 spiro atoms. The van der Waals surface area contributed by atoms with Gasteiger partial charge in [0.15, 0.2) is 0 Å². The smallest absolute Gasteiger partial charge is 0.0573 e. The molecule has 104 valence electrons. The van der Waals surface area contributed by atoms with E-state index in [2.05, 4.69) is 34.6 Å². The zero-order valence-corrected chi connectivity index (χ0v) is 13.1. The summed E-state index contributed by atoms with van der Waals surface area (Å²) >= 11 is 0. The molecule has 1 rings (SSSR count). The van der Waals surface area contributed by atoms with Crippen molar-refractivity contribution in [3.05, 3.63) is 0 Å². The molecule has 17 heavy (non-hydrogen) atoms. The fraction of sp³-hybridized carbons (Fsp3) is 1.00. The van der Waals surface area contributed by atoms with Crippen molar-refractivity contribution in [2.75, 3.05) is 0 Å². The third-order valence-corrected chi connectivity index (χ3v) is 3.84. The monoisotopic (exact) mass is 242 g/mol. The molecule has 0 bridgehead atoms. The van der Waals surface area contributed by atoms with E-state index in [1.54, 1.807) is 0 Å². The topological polar surface area (TPSA) is 20.2 Å². The van der Waals surface area contributed by atoms with Crippen molar-refractivity contribution < 1.29 is 5.11 Å². The highest BCUT2D eigenvalue weighted by Crippen LogP contribution is 2.42. The average Bonchev–Trinajstić information content (AvgIpc) is 2.21. The second kappa shape index (κ2) is 7.41. The van der Waals surface area contributed by atoms with Gasteiger partial charge < -0.3 is 5.11 Å². The minimum Gasteiger partial charge on any atom is -0.393 e. The largest absolute Gasteiger partial charge is 0.393 e.